The molecule has 1 rings (SSSR count). The molecule has 0 N–H and O–H groups in total. The minimum Gasteiger partial charge on any atom is -0.335 e. The lowest BCUT2D eigenvalue weighted by atomic mass is 10.1. The van der Waals surface area contributed by atoms with E-state index in [0.29, 0.717) is 5.56 Å². The summed E-state index contributed by atoms with van der Waals surface area (Å²) in [4.78, 5) is 23.4. The van der Waals surface area contributed by atoms with Crippen molar-refractivity contribution in [3.8, 4) is 0 Å². The van der Waals surface area contributed by atoms with Crippen molar-refractivity contribution < 1.29 is 9.59 Å². The van der Waals surface area contributed by atoms with Crippen molar-refractivity contribution in [3.05, 3.63) is 35.4 Å². The summed E-state index contributed by atoms with van der Waals surface area (Å²) in [6, 6.07) is 7.34. The number of amides is 1. The molecule has 0 aliphatic heterocycles. The van der Waals surface area contributed by atoms with Gasteiger partial charge in [-0.3, -0.25) is 4.79 Å². The highest BCUT2D eigenvalue weighted by Crippen LogP contribution is 2.08. The number of aryl methyl sites for hydroxylation is 1. The molecule has 3 heteroatoms. The van der Waals surface area contributed by atoms with Crippen molar-refractivity contribution in [2.24, 2.45) is 0 Å². The van der Waals surface area contributed by atoms with Crippen LogP contribution in [0.3, 0.4) is 0 Å². The molecule has 14 heavy (non-hydrogen) atoms. The number of benzene rings is 1. The predicted molar refractivity (Wildman–Crippen MR) is 54.2 cm³/mol. The molecule has 0 unspecified atom stereocenters. The third kappa shape index (κ3) is 2.19. The maximum atomic E-state index is 11.7. The van der Waals surface area contributed by atoms with Gasteiger partial charge in [0.25, 0.3) is 5.91 Å². The van der Waals surface area contributed by atoms with Gasteiger partial charge in [-0.05, 0) is 18.6 Å². The monoisotopic (exact) mass is 191 g/mol. The van der Waals surface area contributed by atoms with Crippen LogP contribution in [-0.4, -0.2) is 30.7 Å². The fourth-order valence-electron chi connectivity index (χ4n) is 1.21. The van der Waals surface area contributed by atoms with E-state index >= 15 is 0 Å². The van der Waals surface area contributed by atoms with Gasteiger partial charge in [0.2, 0.25) is 0 Å². The molecule has 0 fully saturated rings. The van der Waals surface area contributed by atoms with Crippen LogP contribution in [0.5, 0.6) is 0 Å². The lowest BCUT2D eigenvalue weighted by Gasteiger charge is -2.14. The van der Waals surface area contributed by atoms with Gasteiger partial charge >= 0.3 is 0 Å². The Balaban J connectivity index is 2.89. The topological polar surface area (TPSA) is 37.4 Å². The van der Waals surface area contributed by atoms with E-state index in [9.17, 15) is 9.59 Å². The van der Waals surface area contributed by atoms with Crippen LogP contribution in [0.25, 0.3) is 0 Å². The third-order valence-corrected chi connectivity index (χ3v) is 2.07. The van der Waals surface area contributed by atoms with E-state index in [0.717, 1.165) is 11.8 Å². The lowest BCUT2D eigenvalue weighted by Crippen LogP contribution is -2.28. The summed E-state index contributed by atoms with van der Waals surface area (Å²) < 4.78 is 0. The fraction of sp³-hybridized carbons (Fsp3) is 0.273. The van der Waals surface area contributed by atoms with Gasteiger partial charge in [0, 0.05) is 12.6 Å². The highest BCUT2D eigenvalue weighted by atomic mass is 16.2. The number of hydrogen-bond acceptors (Lipinski definition) is 2. The molecule has 1 aromatic carbocycles. The van der Waals surface area contributed by atoms with Gasteiger partial charge in [-0.1, -0.05) is 18.2 Å². The smallest absolute Gasteiger partial charge is 0.254 e. The summed E-state index contributed by atoms with van der Waals surface area (Å²) in [5.41, 5.74) is 1.58. The van der Waals surface area contributed by atoms with Crippen molar-refractivity contribution in [2.45, 2.75) is 6.92 Å². The van der Waals surface area contributed by atoms with Gasteiger partial charge in [0.05, 0.1) is 6.54 Å². The van der Waals surface area contributed by atoms with Crippen molar-refractivity contribution >= 4 is 12.2 Å². The van der Waals surface area contributed by atoms with Crippen molar-refractivity contribution in [1.82, 2.24) is 4.90 Å². The van der Waals surface area contributed by atoms with Gasteiger partial charge in [0.1, 0.15) is 6.29 Å². The molecule has 0 spiro atoms. The molecule has 0 heterocycles. The number of carbonyl (C=O) groups is 2. The molecule has 74 valence electrons. The van der Waals surface area contributed by atoms with Crippen LogP contribution < -0.4 is 0 Å². The average Bonchev–Trinajstić information content (AvgIpc) is 2.18. The Morgan fingerprint density at radius 2 is 2.07 bits per heavy atom. The van der Waals surface area contributed by atoms with Gasteiger partial charge in [0.15, 0.2) is 0 Å². The highest BCUT2D eigenvalue weighted by Gasteiger charge is 2.12. The summed E-state index contributed by atoms with van der Waals surface area (Å²) in [5.74, 6) is -0.116. The molecule has 3 nitrogen and oxygen atoms in total. The summed E-state index contributed by atoms with van der Waals surface area (Å²) in [7, 11) is 1.61. The Hall–Kier alpha value is -1.64. The second-order valence-electron chi connectivity index (χ2n) is 3.17. The highest BCUT2D eigenvalue weighted by molar-refractivity contribution is 5.96. The second-order valence-corrected chi connectivity index (χ2v) is 3.17. The zero-order valence-electron chi connectivity index (χ0n) is 8.36. The molecular weight excluding hydrogens is 178 g/mol. The first-order valence-electron chi connectivity index (χ1n) is 4.41. The molecule has 0 aromatic heterocycles. The van der Waals surface area contributed by atoms with E-state index in [1.807, 2.05) is 25.1 Å². The molecule has 0 saturated heterocycles. The van der Waals surface area contributed by atoms with Crippen LogP contribution in [0.15, 0.2) is 24.3 Å². The van der Waals surface area contributed by atoms with E-state index in [-0.39, 0.29) is 12.5 Å². The first-order chi connectivity index (χ1) is 6.66. The third-order valence-electron chi connectivity index (χ3n) is 2.07. The molecule has 0 bridgehead atoms. The second kappa shape index (κ2) is 4.56. The molecule has 0 aliphatic carbocycles. The number of carbonyl (C=O) groups excluding carboxylic acids is 2. The Labute approximate surface area is 83.3 Å². The number of nitrogens with zero attached hydrogens (tertiary/aromatic N) is 1. The fourth-order valence-corrected chi connectivity index (χ4v) is 1.21. The van der Waals surface area contributed by atoms with Crippen molar-refractivity contribution in [3.63, 3.8) is 0 Å². The van der Waals surface area contributed by atoms with Gasteiger partial charge < -0.3 is 9.69 Å². The zero-order chi connectivity index (χ0) is 10.6. The summed E-state index contributed by atoms with van der Waals surface area (Å²) in [6.07, 6.45) is 0.718. The van der Waals surface area contributed by atoms with E-state index in [1.54, 1.807) is 13.1 Å². The number of hydrogen-bond donors (Lipinski definition) is 0. The minimum absolute atomic E-state index is 0.116. The van der Waals surface area contributed by atoms with Crippen molar-refractivity contribution in [2.75, 3.05) is 13.6 Å². The zero-order valence-corrected chi connectivity index (χ0v) is 8.36. The van der Waals surface area contributed by atoms with Crippen LogP contribution in [-0.2, 0) is 4.79 Å². The van der Waals surface area contributed by atoms with Crippen LogP contribution in [0.2, 0.25) is 0 Å². The number of likely N-dealkylation sites (N-methyl/N-ethyl adjacent to an activating group) is 1. The van der Waals surface area contributed by atoms with Crippen LogP contribution in [0.1, 0.15) is 15.9 Å². The lowest BCUT2D eigenvalue weighted by molar-refractivity contribution is -0.108. The maximum Gasteiger partial charge on any atom is 0.254 e. The standard InChI is InChI=1S/C11H13NO2/c1-9-5-3-4-6-10(9)11(14)12(2)7-8-13/h3-6,8H,7H2,1-2H3. The predicted octanol–water partition coefficient (Wildman–Crippen LogP) is 1.27. The molecule has 0 saturated carbocycles. The Morgan fingerprint density at radius 1 is 1.43 bits per heavy atom. The minimum atomic E-state index is -0.116. The first kappa shape index (κ1) is 10.4. The van der Waals surface area contributed by atoms with Gasteiger partial charge in [-0.15, -0.1) is 0 Å². The SMILES string of the molecule is Cc1ccccc1C(=O)N(C)CC=O. The van der Waals surface area contributed by atoms with Crippen LogP contribution in [0, 0.1) is 6.92 Å². The van der Waals surface area contributed by atoms with Crippen LogP contribution >= 0.6 is 0 Å². The molecular formula is C11H13NO2. The van der Waals surface area contributed by atoms with E-state index in [4.69, 9.17) is 0 Å². The normalized spacial score (nSPS) is 9.57. The van der Waals surface area contributed by atoms with Gasteiger partial charge in [-0.25, -0.2) is 0 Å². The summed E-state index contributed by atoms with van der Waals surface area (Å²) >= 11 is 0. The Bertz CT molecular complexity index is 347. The van der Waals surface area contributed by atoms with E-state index in [2.05, 4.69) is 0 Å². The number of aldehydes is 1. The summed E-state index contributed by atoms with van der Waals surface area (Å²) in [5, 5.41) is 0. The first-order valence-corrected chi connectivity index (χ1v) is 4.41. The largest absolute Gasteiger partial charge is 0.335 e. The Morgan fingerprint density at radius 3 is 2.64 bits per heavy atom. The Kier molecular flexibility index (Phi) is 3.40. The quantitative estimate of drug-likeness (QED) is 0.674. The molecule has 1 aromatic rings. The van der Waals surface area contributed by atoms with E-state index < -0.39 is 0 Å². The van der Waals surface area contributed by atoms with Crippen LogP contribution in [0.4, 0.5) is 0 Å². The molecule has 0 radical (unpaired) electrons. The molecule has 0 atom stereocenters. The van der Waals surface area contributed by atoms with Gasteiger partial charge in [-0.2, -0.15) is 0 Å². The summed E-state index contributed by atoms with van der Waals surface area (Å²) in [6.45, 7) is 2.01. The molecule has 1 amide bonds. The maximum absolute atomic E-state index is 11.7. The average molecular weight is 191 g/mol. The number of rotatable bonds is 3. The van der Waals surface area contributed by atoms with E-state index in [1.165, 1.54) is 4.90 Å². The van der Waals surface area contributed by atoms with Crippen molar-refractivity contribution in [1.29, 1.82) is 0 Å². The molecule has 0 aliphatic rings.